The fourth-order valence-corrected chi connectivity index (χ4v) is 2.91. The summed E-state index contributed by atoms with van der Waals surface area (Å²) in [7, 11) is -1.24. The molecule has 0 fully saturated rings. The summed E-state index contributed by atoms with van der Waals surface area (Å²) in [6.07, 6.45) is 1.63. The fourth-order valence-electron chi connectivity index (χ4n) is 1.84. The van der Waals surface area contributed by atoms with E-state index in [-0.39, 0.29) is 23.2 Å². The van der Waals surface area contributed by atoms with E-state index in [0.717, 1.165) is 5.76 Å². The van der Waals surface area contributed by atoms with Gasteiger partial charge >= 0.3 is 6.61 Å². The van der Waals surface area contributed by atoms with Gasteiger partial charge < -0.3 is 9.15 Å². The predicted molar refractivity (Wildman–Crippen MR) is 79.2 cm³/mol. The normalized spacial score (nSPS) is 12.8. The summed E-state index contributed by atoms with van der Waals surface area (Å²) in [5.41, 5.74) is 0.659. The van der Waals surface area contributed by atoms with Gasteiger partial charge in [0.05, 0.1) is 6.20 Å². The summed E-state index contributed by atoms with van der Waals surface area (Å²) in [6, 6.07) is 6.19. The SMILES string of the molecule is CC(C)c1cnc(C[S@](=O)Cc2cccc(OC(F)F)c2)o1. The Bertz CT molecular complexity index is 643. The summed E-state index contributed by atoms with van der Waals surface area (Å²) in [4.78, 5) is 4.09. The predicted octanol–water partition coefficient (Wildman–Crippen LogP) is 3.85. The zero-order chi connectivity index (χ0) is 16.1. The first-order valence-electron chi connectivity index (χ1n) is 6.77. The average Bonchev–Trinajstić information content (AvgIpc) is 2.86. The second-order valence-corrected chi connectivity index (χ2v) is 6.52. The smallest absolute Gasteiger partial charge is 0.387 e. The Morgan fingerprint density at radius 1 is 1.32 bits per heavy atom. The molecule has 0 N–H and O–H groups in total. The quantitative estimate of drug-likeness (QED) is 0.774. The van der Waals surface area contributed by atoms with Crippen LogP contribution < -0.4 is 4.74 Å². The third-order valence-electron chi connectivity index (χ3n) is 2.88. The molecule has 1 heterocycles. The average molecular weight is 329 g/mol. The van der Waals surface area contributed by atoms with Crippen molar-refractivity contribution in [3.8, 4) is 5.75 Å². The minimum Gasteiger partial charge on any atom is -0.444 e. The van der Waals surface area contributed by atoms with Gasteiger partial charge in [0.25, 0.3) is 0 Å². The highest BCUT2D eigenvalue weighted by atomic mass is 32.2. The minimum atomic E-state index is -2.87. The van der Waals surface area contributed by atoms with Gasteiger partial charge in [-0.3, -0.25) is 4.21 Å². The topological polar surface area (TPSA) is 52.3 Å². The van der Waals surface area contributed by atoms with E-state index in [1.54, 1.807) is 18.3 Å². The second-order valence-electron chi connectivity index (χ2n) is 5.07. The minimum absolute atomic E-state index is 0.0581. The van der Waals surface area contributed by atoms with E-state index in [9.17, 15) is 13.0 Å². The third kappa shape index (κ3) is 4.91. The van der Waals surface area contributed by atoms with Crippen molar-refractivity contribution < 1.29 is 22.1 Å². The summed E-state index contributed by atoms with van der Waals surface area (Å²) in [6.45, 7) is 1.09. The van der Waals surface area contributed by atoms with Crippen LogP contribution in [0.5, 0.6) is 5.75 Å². The summed E-state index contributed by atoms with van der Waals surface area (Å²) in [5.74, 6) is 1.86. The zero-order valence-corrected chi connectivity index (χ0v) is 13.1. The van der Waals surface area contributed by atoms with E-state index in [1.165, 1.54) is 12.1 Å². The molecule has 1 atom stereocenters. The molecule has 2 rings (SSSR count). The van der Waals surface area contributed by atoms with Crippen molar-refractivity contribution >= 4 is 10.8 Å². The lowest BCUT2D eigenvalue weighted by molar-refractivity contribution is -0.0498. The van der Waals surface area contributed by atoms with E-state index < -0.39 is 17.4 Å². The van der Waals surface area contributed by atoms with E-state index in [1.807, 2.05) is 13.8 Å². The summed E-state index contributed by atoms with van der Waals surface area (Å²) in [5, 5.41) is 0. The number of hydrogen-bond acceptors (Lipinski definition) is 4. The highest BCUT2D eigenvalue weighted by molar-refractivity contribution is 7.83. The lowest BCUT2D eigenvalue weighted by atomic mass is 10.2. The maximum absolute atomic E-state index is 12.2. The van der Waals surface area contributed by atoms with Crippen molar-refractivity contribution in [2.75, 3.05) is 0 Å². The maximum Gasteiger partial charge on any atom is 0.387 e. The molecule has 0 unspecified atom stereocenters. The molecule has 0 radical (unpaired) electrons. The van der Waals surface area contributed by atoms with E-state index in [2.05, 4.69) is 9.72 Å². The Balaban J connectivity index is 1.96. The Morgan fingerprint density at radius 2 is 2.09 bits per heavy atom. The number of oxazole rings is 1. The molecule has 0 saturated heterocycles. The van der Waals surface area contributed by atoms with Gasteiger partial charge in [0, 0.05) is 22.5 Å². The number of aromatic nitrogens is 1. The molecule has 0 spiro atoms. The van der Waals surface area contributed by atoms with Gasteiger partial charge in [-0.1, -0.05) is 26.0 Å². The van der Waals surface area contributed by atoms with E-state index >= 15 is 0 Å². The third-order valence-corrected chi connectivity index (χ3v) is 4.10. The molecular formula is C15H17F2NO3S. The van der Waals surface area contributed by atoms with Crippen molar-refractivity contribution in [2.45, 2.75) is 37.9 Å². The molecule has 0 aliphatic carbocycles. The summed E-state index contributed by atoms with van der Waals surface area (Å²) >= 11 is 0. The highest BCUT2D eigenvalue weighted by Gasteiger charge is 2.12. The van der Waals surface area contributed by atoms with Crippen LogP contribution in [-0.4, -0.2) is 15.8 Å². The molecule has 0 aliphatic rings. The van der Waals surface area contributed by atoms with Crippen LogP contribution in [0.15, 0.2) is 34.9 Å². The van der Waals surface area contributed by atoms with Crippen molar-refractivity contribution in [3.63, 3.8) is 0 Å². The van der Waals surface area contributed by atoms with Gasteiger partial charge in [0.1, 0.15) is 17.3 Å². The molecule has 22 heavy (non-hydrogen) atoms. The standard InChI is InChI=1S/C15H17F2NO3S/c1-10(2)13-7-18-14(21-13)9-22(19)8-11-4-3-5-12(6-11)20-15(16)17/h3-7,10,15H,8-9H2,1-2H3/t22-/m1/s1. The number of rotatable bonds is 7. The molecule has 7 heteroatoms. The molecule has 0 aliphatic heterocycles. The van der Waals surface area contributed by atoms with Crippen LogP contribution in [0, 0.1) is 0 Å². The molecule has 1 aromatic carbocycles. The Kier molecular flexibility index (Phi) is 5.65. The molecular weight excluding hydrogens is 312 g/mol. The highest BCUT2D eigenvalue weighted by Crippen LogP contribution is 2.19. The number of alkyl halides is 2. The monoisotopic (exact) mass is 329 g/mol. The molecule has 120 valence electrons. The van der Waals surface area contributed by atoms with Crippen LogP contribution in [0.2, 0.25) is 0 Å². The van der Waals surface area contributed by atoms with Gasteiger partial charge in [0.2, 0.25) is 5.89 Å². The molecule has 0 saturated carbocycles. The first-order chi connectivity index (χ1) is 10.4. The van der Waals surface area contributed by atoms with Crippen LogP contribution in [0.25, 0.3) is 0 Å². The fraction of sp³-hybridized carbons (Fsp3) is 0.400. The van der Waals surface area contributed by atoms with Gasteiger partial charge in [-0.15, -0.1) is 0 Å². The number of halogens is 2. The number of ether oxygens (including phenoxy) is 1. The van der Waals surface area contributed by atoms with Gasteiger partial charge in [-0.2, -0.15) is 8.78 Å². The summed E-state index contributed by atoms with van der Waals surface area (Å²) < 4.78 is 46.3. The molecule has 1 aromatic heterocycles. The van der Waals surface area contributed by atoms with Gasteiger partial charge in [-0.05, 0) is 17.7 Å². The van der Waals surface area contributed by atoms with Crippen molar-refractivity contribution in [1.82, 2.24) is 4.98 Å². The van der Waals surface area contributed by atoms with Crippen LogP contribution >= 0.6 is 0 Å². The first-order valence-corrected chi connectivity index (χ1v) is 8.26. The number of benzene rings is 1. The Labute approximate surface area is 130 Å². The second kappa shape index (κ2) is 7.49. The van der Waals surface area contributed by atoms with Crippen LogP contribution in [-0.2, 0) is 22.3 Å². The van der Waals surface area contributed by atoms with Gasteiger partial charge in [0.15, 0.2) is 0 Å². The molecule has 0 bridgehead atoms. The zero-order valence-electron chi connectivity index (χ0n) is 12.3. The maximum atomic E-state index is 12.2. The molecule has 2 aromatic rings. The lowest BCUT2D eigenvalue weighted by Crippen LogP contribution is -2.03. The van der Waals surface area contributed by atoms with Crippen molar-refractivity contribution in [2.24, 2.45) is 0 Å². The number of hydrogen-bond donors (Lipinski definition) is 0. The van der Waals surface area contributed by atoms with Crippen molar-refractivity contribution in [3.05, 3.63) is 47.7 Å². The van der Waals surface area contributed by atoms with Crippen molar-refractivity contribution in [1.29, 1.82) is 0 Å². The van der Waals surface area contributed by atoms with Crippen LogP contribution in [0.3, 0.4) is 0 Å². The van der Waals surface area contributed by atoms with Crippen LogP contribution in [0.1, 0.15) is 37.0 Å². The number of nitrogens with zero attached hydrogens (tertiary/aromatic N) is 1. The largest absolute Gasteiger partial charge is 0.444 e. The Hall–Kier alpha value is -1.76. The van der Waals surface area contributed by atoms with Crippen LogP contribution in [0.4, 0.5) is 8.78 Å². The molecule has 0 amide bonds. The molecule has 4 nitrogen and oxygen atoms in total. The Morgan fingerprint density at radius 3 is 2.73 bits per heavy atom. The lowest BCUT2D eigenvalue weighted by Gasteiger charge is -2.06. The first kappa shape index (κ1) is 16.6. The van der Waals surface area contributed by atoms with E-state index in [0.29, 0.717) is 11.5 Å². The van der Waals surface area contributed by atoms with E-state index in [4.69, 9.17) is 4.42 Å². The van der Waals surface area contributed by atoms with Gasteiger partial charge in [-0.25, -0.2) is 4.98 Å².